The topological polar surface area (TPSA) is 106 Å². The number of hydrogen-bond acceptors (Lipinski definition) is 9. The molecule has 0 saturated carbocycles. The molecule has 0 aliphatic carbocycles. The van der Waals surface area contributed by atoms with E-state index in [1.165, 1.54) is 0 Å². The summed E-state index contributed by atoms with van der Waals surface area (Å²) in [5.74, 6) is 0. The Labute approximate surface area is 216 Å². The second kappa shape index (κ2) is 15.7. The summed E-state index contributed by atoms with van der Waals surface area (Å²) in [5.41, 5.74) is 2.74. The molecule has 2 N–H and O–H groups in total. The Morgan fingerprint density at radius 2 is 1.19 bits per heavy atom. The molecule has 2 unspecified atom stereocenters. The summed E-state index contributed by atoms with van der Waals surface area (Å²) in [4.78, 5) is 11.5. The van der Waals surface area contributed by atoms with E-state index < -0.39 is 14.7 Å². The molecule has 2 heterocycles. The molecule has 2 aromatic rings. The first-order valence-electron chi connectivity index (χ1n) is 12.7. The minimum Gasteiger partial charge on any atom is -0.325 e. The van der Waals surface area contributed by atoms with E-state index >= 15 is 0 Å². The van der Waals surface area contributed by atoms with Gasteiger partial charge in [0.05, 0.1) is 24.6 Å². The summed E-state index contributed by atoms with van der Waals surface area (Å²) < 4.78 is 36.0. The number of pyridine rings is 2. The van der Waals surface area contributed by atoms with Gasteiger partial charge in [-0.15, -0.1) is 0 Å². The summed E-state index contributed by atoms with van der Waals surface area (Å²) in [6, 6.07) is 11.2. The Morgan fingerprint density at radius 3 is 1.58 bits per heavy atom. The zero-order chi connectivity index (χ0) is 26.4. The first kappa shape index (κ1) is 30.8. The van der Waals surface area contributed by atoms with Gasteiger partial charge >= 0.3 is 0 Å². The van der Waals surface area contributed by atoms with Gasteiger partial charge in [-0.05, 0) is 51.1 Å². The molecule has 0 aliphatic rings. The van der Waals surface area contributed by atoms with Gasteiger partial charge < -0.3 is 24.6 Å². The molecule has 0 amide bonds. The highest BCUT2D eigenvalue weighted by Gasteiger charge is 2.21. The van der Waals surface area contributed by atoms with Gasteiger partial charge in [0.2, 0.25) is 14.7 Å². The number of nitrogens with zero attached hydrogens (tertiary/aromatic N) is 3. The second-order valence-electron chi connectivity index (χ2n) is 8.70. The molecule has 0 radical (unpaired) electrons. The number of nitrogens with one attached hydrogen (secondary N) is 2. The Morgan fingerprint density at radius 1 is 0.750 bits per heavy atom. The molecule has 9 nitrogen and oxygen atoms in total. The Balaban J connectivity index is 1.76. The zero-order valence-corrected chi connectivity index (χ0v) is 24.2. The van der Waals surface area contributed by atoms with Crippen molar-refractivity contribution in [1.29, 1.82) is 0 Å². The first-order chi connectivity index (χ1) is 17.2. The van der Waals surface area contributed by atoms with Crippen molar-refractivity contribution in [2.24, 2.45) is 0 Å². The maximum Gasteiger partial charge on any atom is 0.246 e. The van der Waals surface area contributed by atoms with Crippen LogP contribution < -0.4 is 21.5 Å². The average Bonchev–Trinajstić information content (AvgIpc) is 2.84. The van der Waals surface area contributed by atoms with Gasteiger partial charge in [-0.1, -0.05) is 19.1 Å². The fraction of sp³-hybridized carbons (Fsp3) is 0.600. The lowest BCUT2D eigenvalue weighted by Gasteiger charge is -2.22. The fourth-order valence-corrected chi connectivity index (χ4v) is 6.35. The van der Waals surface area contributed by atoms with E-state index in [0.717, 1.165) is 50.5 Å². The normalized spacial score (nSPS) is 15.1. The Bertz CT molecular complexity index is 946. The van der Waals surface area contributed by atoms with Crippen LogP contribution >= 0.6 is 14.7 Å². The highest BCUT2D eigenvalue weighted by molar-refractivity contribution is 7.66. The highest BCUT2D eigenvalue weighted by atomic mass is 31.2. The lowest BCUT2D eigenvalue weighted by atomic mass is 10.3. The van der Waals surface area contributed by atoms with E-state index in [0.29, 0.717) is 37.2 Å². The van der Waals surface area contributed by atoms with E-state index in [1.807, 2.05) is 38.1 Å². The largest absolute Gasteiger partial charge is 0.325 e. The fourth-order valence-electron chi connectivity index (χ4n) is 3.77. The zero-order valence-electron chi connectivity index (χ0n) is 22.4. The predicted molar refractivity (Wildman–Crippen MR) is 148 cm³/mol. The molecule has 0 aromatic carbocycles. The maximum absolute atomic E-state index is 12.6. The molecule has 2 atom stereocenters. The van der Waals surface area contributed by atoms with E-state index in [4.69, 9.17) is 9.05 Å². The van der Waals surface area contributed by atoms with Crippen LogP contribution in [-0.2, 0) is 31.3 Å². The third-order valence-electron chi connectivity index (χ3n) is 5.53. The average molecular weight is 540 g/mol. The summed E-state index contributed by atoms with van der Waals surface area (Å²) in [6.07, 6.45) is 1.08. The first-order valence-corrected chi connectivity index (χ1v) is 16.9. The molecule has 202 valence electrons. The SMILES string of the molecule is CCCN(CCNCc1cccc(P(C)(=O)OCC)n1)CCNCc1cccc(P(C)(=O)OCC)n1. The predicted octanol–water partition coefficient (Wildman–Crippen LogP) is 3.21. The smallest absolute Gasteiger partial charge is 0.246 e. The van der Waals surface area contributed by atoms with Crippen LogP contribution in [0.4, 0.5) is 0 Å². The molecule has 0 saturated heterocycles. The summed E-state index contributed by atoms with van der Waals surface area (Å²) >= 11 is 0. The van der Waals surface area contributed by atoms with Crippen molar-refractivity contribution >= 4 is 25.6 Å². The van der Waals surface area contributed by atoms with E-state index in [2.05, 4.69) is 32.4 Å². The van der Waals surface area contributed by atoms with Gasteiger partial charge in [0.25, 0.3) is 0 Å². The van der Waals surface area contributed by atoms with Crippen LogP contribution in [0.1, 0.15) is 38.6 Å². The van der Waals surface area contributed by atoms with Crippen LogP contribution in [0.3, 0.4) is 0 Å². The lowest BCUT2D eigenvalue weighted by Crippen LogP contribution is -2.37. The van der Waals surface area contributed by atoms with Crippen molar-refractivity contribution in [2.45, 2.75) is 40.3 Å². The lowest BCUT2D eigenvalue weighted by molar-refractivity contribution is 0.272. The number of rotatable bonds is 18. The summed E-state index contributed by atoms with van der Waals surface area (Å²) in [7, 11) is -5.73. The molecule has 2 rings (SSSR count). The molecular weight excluding hydrogens is 496 g/mol. The summed E-state index contributed by atoms with van der Waals surface area (Å²) in [5, 5.41) is 6.89. The minimum absolute atomic E-state index is 0.400. The maximum atomic E-state index is 12.6. The second-order valence-corrected chi connectivity index (χ2v) is 13.5. The van der Waals surface area contributed by atoms with Crippen LogP contribution in [0.2, 0.25) is 0 Å². The van der Waals surface area contributed by atoms with Crippen molar-refractivity contribution < 1.29 is 18.2 Å². The molecular formula is C25H43N5O4P2. The third-order valence-corrected chi connectivity index (χ3v) is 9.19. The van der Waals surface area contributed by atoms with Gasteiger partial charge in [-0.25, -0.2) is 9.97 Å². The Hall–Kier alpha value is -1.44. The van der Waals surface area contributed by atoms with Crippen LogP contribution in [0.5, 0.6) is 0 Å². The van der Waals surface area contributed by atoms with Crippen molar-refractivity contribution in [3.05, 3.63) is 47.8 Å². The van der Waals surface area contributed by atoms with E-state index in [9.17, 15) is 9.13 Å². The summed E-state index contributed by atoms with van der Waals surface area (Å²) in [6.45, 7) is 15.6. The van der Waals surface area contributed by atoms with E-state index in [1.54, 1.807) is 25.5 Å². The van der Waals surface area contributed by atoms with Crippen LogP contribution in [0.25, 0.3) is 0 Å². The molecule has 0 spiro atoms. The van der Waals surface area contributed by atoms with Crippen molar-refractivity contribution in [3.8, 4) is 0 Å². The van der Waals surface area contributed by atoms with Gasteiger partial charge in [-0.2, -0.15) is 0 Å². The van der Waals surface area contributed by atoms with Crippen LogP contribution in [0.15, 0.2) is 36.4 Å². The van der Waals surface area contributed by atoms with Gasteiger partial charge in [0.15, 0.2) is 0 Å². The van der Waals surface area contributed by atoms with Gasteiger partial charge in [-0.3, -0.25) is 9.13 Å². The standard InChI is InChI=1S/C25H43N5O4P2/c1-6-17-30(18-15-26-20-22-11-9-13-24(28-22)35(4,31)33-7-2)19-16-27-21-23-12-10-14-25(29-23)36(5,32)34-8-3/h9-14,26-27H,6-8,15-21H2,1-5H3. The van der Waals surface area contributed by atoms with Crippen LogP contribution in [-0.4, -0.2) is 74.1 Å². The van der Waals surface area contributed by atoms with Gasteiger partial charge in [0.1, 0.15) is 10.9 Å². The van der Waals surface area contributed by atoms with Crippen molar-refractivity contribution in [3.63, 3.8) is 0 Å². The molecule has 36 heavy (non-hydrogen) atoms. The number of aromatic nitrogens is 2. The van der Waals surface area contributed by atoms with E-state index in [-0.39, 0.29) is 0 Å². The Kier molecular flexibility index (Phi) is 13.4. The third kappa shape index (κ3) is 10.5. The highest BCUT2D eigenvalue weighted by Crippen LogP contribution is 2.40. The molecule has 0 bridgehead atoms. The van der Waals surface area contributed by atoms with Gasteiger partial charge in [0, 0.05) is 52.6 Å². The monoisotopic (exact) mass is 539 g/mol. The quantitative estimate of drug-likeness (QED) is 0.218. The molecule has 0 aliphatic heterocycles. The molecule has 0 fully saturated rings. The minimum atomic E-state index is -2.87. The van der Waals surface area contributed by atoms with Crippen molar-refractivity contribution in [2.75, 3.05) is 59.3 Å². The molecule has 2 aromatic heterocycles. The molecule has 11 heteroatoms. The number of hydrogen-bond donors (Lipinski definition) is 2. The van der Waals surface area contributed by atoms with Crippen molar-refractivity contribution in [1.82, 2.24) is 25.5 Å². The van der Waals surface area contributed by atoms with Crippen LogP contribution in [0, 0.1) is 0 Å².